The highest BCUT2D eigenvalue weighted by molar-refractivity contribution is 4.39. The molecule has 0 atom stereocenters. The Bertz CT molecular complexity index is 39.4. The summed E-state index contributed by atoms with van der Waals surface area (Å²) in [5.74, 6) is 5.47. The van der Waals surface area contributed by atoms with Crippen LogP contribution in [0, 0.1) is 5.92 Å². The Labute approximate surface area is 50.7 Å². The average Bonchev–Trinajstić information content (AvgIpc) is 1.61. The van der Waals surface area contributed by atoms with Gasteiger partial charge in [-0.05, 0) is 12.3 Å². The molecular weight excluding hydrogens is 104 g/mol. The van der Waals surface area contributed by atoms with E-state index in [4.69, 9.17) is 5.90 Å². The zero-order valence-corrected chi connectivity index (χ0v) is 5.68. The molecule has 0 radical (unpaired) electrons. The van der Waals surface area contributed by atoms with E-state index in [2.05, 4.69) is 18.7 Å². The molecule has 0 rings (SSSR count). The zero-order chi connectivity index (χ0) is 5.70. The molecule has 0 bridgehead atoms. The molecule has 52 valence electrons. The molecule has 3 heteroatoms. The van der Waals surface area contributed by atoms with Crippen molar-refractivity contribution in [3.05, 3.63) is 0 Å². The first-order chi connectivity index (χ1) is 3.27. The molecule has 3 nitrogen and oxygen atoms in total. The molecule has 0 aliphatic heterocycles. The summed E-state index contributed by atoms with van der Waals surface area (Å²) in [4.78, 5) is 4.35. The largest absolute Gasteiger partial charge is 0.344 e. The van der Waals surface area contributed by atoms with Gasteiger partial charge in [-0.2, -0.15) is 0 Å². The third-order valence-electron chi connectivity index (χ3n) is 0.813. The molecule has 0 spiro atoms. The lowest BCUT2D eigenvalue weighted by Gasteiger charge is -1.99. The van der Waals surface area contributed by atoms with Crippen LogP contribution in [-0.2, 0) is 4.84 Å². The summed E-state index contributed by atoms with van der Waals surface area (Å²) in [5.41, 5.74) is 0. The van der Waals surface area contributed by atoms with E-state index in [0.29, 0.717) is 12.5 Å². The van der Waals surface area contributed by atoms with Gasteiger partial charge in [0.2, 0.25) is 0 Å². The van der Waals surface area contributed by atoms with Gasteiger partial charge in [-0.3, -0.25) is 0 Å². The van der Waals surface area contributed by atoms with Crippen LogP contribution in [-0.4, -0.2) is 6.61 Å². The van der Waals surface area contributed by atoms with Gasteiger partial charge in [0.15, 0.2) is 0 Å². The lowest BCUT2D eigenvalue weighted by atomic mass is 10.1. The summed E-state index contributed by atoms with van der Waals surface area (Å²) in [6, 6.07) is 0. The maximum Gasteiger partial charge on any atom is 0.0681 e. The highest BCUT2D eigenvalue weighted by atomic mass is 16.6. The van der Waals surface area contributed by atoms with Crippen molar-refractivity contribution < 1.29 is 4.84 Å². The predicted molar refractivity (Wildman–Crippen MR) is 34.6 cm³/mol. The van der Waals surface area contributed by atoms with Crippen molar-refractivity contribution in [3.8, 4) is 0 Å². The topological polar surface area (TPSA) is 70.2 Å². The SMILES string of the molecule is CC(C)CCON.N. The first-order valence-corrected chi connectivity index (χ1v) is 2.59. The molecule has 0 aromatic rings. The van der Waals surface area contributed by atoms with E-state index in [0.717, 1.165) is 6.42 Å². The van der Waals surface area contributed by atoms with Crippen LogP contribution >= 0.6 is 0 Å². The molecule has 0 aliphatic rings. The van der Waals surface area contributed by atoms with Gasteiger partial charge in [0, 0.05) is 0 Å². The second-order valence-electron chi connectivity index (χ2n) is 2.05. The molecule has 0 amide bonds. The Kier molecular flexibility index (Phi) is 9.28. The third-order valence-corrected chi connectivity index (χ3v) is 0.813. The van der Waals surface area contributed by atoms with E-state index in [1.165, 1.54) is 0 Å². The summed E-state index contributed by atoms with van der Waals surface area (Å²) >= 11 is 0. The van der Waals surface area contributed by atoms with Crippen LogP contribution in [0.3, 0.4) is 0 Å². The molecular formula is C5H16N2O. The molecule has 0 aliphatic carbocycles. The summed E-state index contributed by atoms with van der Waals surface area (Å²) in [6.45, 7) is 4.95. The fourth-order valence-electron chi connectivity index (χ4n) is 0.304. The number of hydrogen-bond donors (Lipinski definition) is 2. The first kappa shape index (κ1) is 10.8. The molecule has 0 fully saturated rings. The van der Waals surface area contributed by atoms with Crippen LogP contribution in [0.25, 0.3) is 0 Å². The summed E-state index contributed by atoms with van der Waals surface area (Å²) < 4.78 is 0. The highest BCUT2D eigenvalue weighted by Gasteiger charge is 1.89. The van der Waals surface area contributed by atoms with E-state index in [-0.39, 0.29) is 6.15 Å². The van der Waals surface area contributed by atoms with Gasteiger partial charge in [-0.25, -0.2) is 5.90 Å². The fraction of sp³-hybridized carbons (Fsp3) is 1.00. The molecule has 0 heterocycles. The van der Waals surface area contributed by atoms with Gasteiger partial charge >= 0.3 is 0 Å². The first-order valence-electron chi connectivity index (χ1n) is 2.59. The Morgan fingerprint density at radius 3 is 2.12 bits per heavy atom. The maximum absolute atomic E-state index is 4.78. The minimum atomic E-state index is 0. The monoisotopic (exact) mass is 120 g/mol. The van der Waals surface area contributed by atoms with Crippen LogP contribution in [0.2, 0.25) is 0 Å². The number of nitrogens with two attached hydrogens (primary N) is 1. The second kappa shape index (κ2) is 6.88. The van der Waals surface area contributed by atoms with Crippen molar-refractivity contribution in [2.45, 2.75) is 20.3 Å². The second-order valence-corrected chi connectivity index (χ2v) is 2.05. The average molecular weight is 120 g/mol. The molecule has 5 N–H and O–H groups in total. The third kappa shape index (κ3) is 9.30. The van der Waals surface area contributed by atoms with Gasteiger partial charge in [-0.1, -0.05) is 13.8 Å². The minimum Gasteiger partial charge on any atom is -0.344 e. The van der Waals surface area contributed by atoms with Gasteiger partial charge in [0.05, 0.1) is 6.61 Å². The molecule has 8 heavy (non-hydrogen) atoms. The van der Waals surface area contributed by atoms with Gasteiger partial charge < -0.3 is 11.0 Å². The molecule has 0 saturated carbocycles. The van der Waals surface area contributed by atoms with Crippen molar-refractivity contribution in [2.24, 2.45) is 11.8 Å². The van der Waals surface area contributed by atoms with Crippen molar-refractivity contribution >= 4 is 0 Å². The van der Waals surface area contributed by atoms with Crippen LogP contribution in [0.15, 0.2) is 0 Å². The van der Waals surface area contributed by atoms with Crippen molar-refractivity contribution in [2.75, 3.05) is 6.61 Å². The van der Waals surface area contributed by atoms with E-state index < -0.39 is 0 Å². The van der Waals surface area contributed by atoms with E-state index in [1.54, 1.807) is 0 Å². The Morgan fingerprint density at radius 2 is 2.00 bits per heavy atom. The van der Waals surface area contributed by atoms with E-state index in [1.807, 2.05) is 0 Å². The molecule has 0 unspecified atom stereocenters. The van der Waals surface area contributed by atoms with Crippen molar-refractivity contribution in [3.63, 3.8) is 0 Å². The lowest BCUT2D eigenvalue weighted by Crippen LogP contribution is -2.03. The molecule has 0 aromatic heterocycles. The Hall–Kier alpha value is -0.120. The van der Waals surface area contributed by atoms with Gasteiger partial charge in [0.25, 0.3) is 0 Å². The molecule has 0 aromatic carbocycles. The van der Waals surface area contributed by atoms with Crippen LogP contribution in [0.1, 0.15) is 20.3 Å². The Balaban J connectivity index is 0. The van der Waals surface area contributed by atoms with E-state index in [9.17, 15) is 0 Å². The standard InChI is InChI=1S/C5H13NO.H3N/c1-5(2)3-4-7-6;/h5H,3-4,6H2,1-2H3;1H3. The lowest BCUT2D eigenvalue weighted by molar-refractivity contribution is 0.126. The number of rotatable bonds is 3. The van der Waals surface area contributed by atoms with Crippen LogP contribution < -0.4 is 12.0 Å². The fourth-order valence-corrected chi connectivity index (χ4v) is 0.304. The summed E-state index contributed by atoms with van der Waals surface area (Å²) in [5, 5.41) is 0. The zero-order valence-electron chi connectivity index (χ0n) is 5.68. The highest BCUT2D eigenvalue weighted by Crippen LogP contribution is 1.96. The quantitative estimate of drug-likeness (QED) is 0.547. The van der Waals surface area contributed by atoms with Gasteiger partial charge in [-0.15, -0.1) is 0 Å². The minimum absolute atomic E-state index is 0. The van der Waals surface area contributed by atoms with Crippen molar-refractivity contribution in [1.29, 1.82) is 0 Å². The summed E-state index contributed by atoms with van der Waals surface area (Å²) in [6.07, 6.45) is 1.05. The number of hydrogen-bond acceptors (Lipinski definition) is 3. The predicted octanol–water partition coefficient (Wildman–Crippen LogP) is 1.08. The maximum atomic E-state index is 4.78. The van der Waals surface area contributed by atoms with Crippen molar-refractivity contribution in [1.82, 2.24) is 6.15 Å². The van der Waals surface area contributed by atoms with Gasteiger partial charge in [0.1, 0.15) is 0 Å². The Morgan fingerprint density at radius 1 is 1.50 bits per heavy atom. The van der Waals surface area contributed by atoms with Crippen LogP contribution in [0.4, 0.5) is 0 Å². The molecule has 0 saturated heterocycles. The van der Waals surface area contributed by atoms with Crippen LogP contribution in [0.5, 0.6) is 0 Å². The van der Waals surface area contributed by atoms with E-state index >= 15 is 0 Å². The normalized spacial score (nSPS) is 9.00. The smallest absolute Gasteiger partial charge is 0.0681 e. The summed E-state index contributed by atoms with van der Waals surface area (Å²) in [7, 11) is 0.